The van der Waals surface area contributed by atoms with E-state index in [1.54, 1.807) is 21.1 Å². The maximum absolute atomic E-state index is 9.68. The molecule has 84 valence electrons. The second-order valence-corrected chi connectivity index (χ2v) is 3.64. The number of rotatable bonds is 3. The molecule has 0 fully saturated rings. The SMILES string of the molecule is COc1cc(C)c(C(C)O)c(OC)c1C. The average Bonchev–Trinajstić information content (AvgIpc) is 2.19. The van der Waals surface area contributed by atoms with Crippen molar-refractivity contribution in [2.75, 3.05) is 14.2 Å². The van der Waals surface area contributed by atoms with E-state index in [9.17, 15) is 5.11 Å². The van der Waals surface area contributed by atoms with Crippen LogP contribution in [0, 0.1) is 13.8 Å². The minimum absolute atomic E-state index is 0.537. The number of hydrogen-bond acceptors (Lipinski definition) is 3. The molecule has 15 heavy (non-hydrogen) atoms. The van der Waals surface area contributed by atoms with Gasteiger partial charge in [-0.2, -0.15) is 0 Å². The topological polar surface area (TPSA) is 38.7 Å². The second-order valence-electron chi connectivity index (χ2n) is 3.64. The van der Waals surface area contributed by atoms with Crippen molar-refractivity contribution in [3.05, 3.63) is 22.8 Å². The summed E-state index contributed by atoms with van der Waals surface area (Å²) < 4.78 is 10.6. The van der Waals surface area contributed by atoms with Crippen molar-refractivity contribution in [1.82, 2.24) is 0 Å². The van der Waals surface area contributed by atoms with Crippen LogP contribution in [0.2, 0.25) is 0 Å². The van der Waals surface area contributed by atoms with Gasteiger partial charge in [0, 0.05) is 11.1 Å². The van der Waals surface area contributed by atoms with Crippen molar-refractivity contribution in [2.24, 2.45) is 0 Å². The summed E-state index contributed by atoms with van der Waals surface area (Å²) in [7, 11) is 3.23. The molecule has 3 nitrogen and oxygen atoms in total. The predicted molar refractivity (Wildman–Crippen MR) is 59.7 cm³/mol. The molecule has 1 rings (SSSR count). The van der Waals surface area contributed by atoms with Crippen LogP contribution >= 0.6 is 0 Å². The van der Waals surface area contributed by atoms with Crippen LogP contribution in [0.1, 0.15) is 29.7 Å². The monoisotopic (exact) mass is 210 g/mol. The lowest BCUT2D eigenvalue weighted by Crippen LogP contribution is -2.03. The first-order chi connectivity index (χ1) is 7.02. The molecular weight excluding hydrogens is 192 g/mol. The Bertz CT molecular complexity index is 356. The van der Waals surface area contributed by atoms with E-state index < -0.39 is 6.10 Å². The van der Waals surface area contributed by atoms with Crippen molar-refractivity contribution in [2.45, 2.75) is 26.9 Å². The zero-order valence-electron chi connectivity index (χ0n) is 9.92. The number of methoxy groups -OCH3 is 2. The van der Waals surface area contributed by atoms with Gasteiger partial charge in [0.1, 0.15) is 11.5 Å². The summed E-state index contributed by atoms with van der Waals surface area (Å²) in [4.78, 5) is 0. The first-order valence-electron chi connectivity index (χ1n) is 4.93. The van der Waals surface area contributed by atoms with E-state index >= 15 is 0 Å². The summed E-state index contributed by atoms with van der Waals surface area (Å²) >= 11 is 0. The molecule has 0 saturated carbocycles. The van der Waals surface area contributed by atoms with Crippen molar-refractivity contribution < 1.29 is 14.6 Å². The summed E-state index contributed by atoms with van der Waals surface area (Å²) in [6.07, 6.45) is -0.537. The molecule has 1 unspecified atom stereocenters. The highest BCUT2D eigenvalue weighted by Crippen LogP contribution is 2.37. The Morgan fingerprint density at radius 3 is 2.20 bits per heavy atom. The summed E-state index contributed by atoms with van der Waals surface area (Å²) in [6.45, 7) is 5.59. The van der Waals surface area contributed by atoms with Crippen LogP contribution in [0.15, 0.2) is 6.07 Å². The molecule has 0 saturated heterocycles. The van der Waals surface area contributed by atoms with Crippen molar-refractivity contribution in [3.63, 3.8) is 0 Å². The first kappa shape index (κ1) is 11.9. The zero-order valence-corrected chi connectivity index (χ0v) is 9.92. The average molecular weight is 210 g/mol. The summed E-state index contributed by atoms with van der Waals surface area (Å²) in [6, 6.07) is 1.92. The third-order valence-corrected chi connectivity index (χ3v) is 2.57. The molecule has 1 N–H and O–H groups in total. The molecule has 1 atom stereocenters. The minimum atomic E-state index is -0.537. The Morgan fingerprint density at radius 1 is 1.20 bits per heavy atom. The van der Waals surface area contributed by atoms with Crippen LogP contribution in [0.25, 0.3) is 0 Å². The van der Waals surface area contributed by atoms with Crippen LogP contribution in [0.3, 0.4) is 0 Å². The Morgan fingerprint density at radius 2 is 1.80 bits per heavy atom. The summed E-state index contributed by atoms with van der Waals surface area (Å²) in [5, 5.41) is 9.68. The third kappa shape index (κ3) is 2.07. The van der Waals surface area contributed by atoms with E-state index in [1.807, 2.05) is 19.9 Å². The van der Waals surface area contributed by atoms with Gasteiger partial charge >= 0.3 is 0 Å². The van der Waals surface area contributed by atoms with Crippen LogP contribution in [0.4, 0.5) is 0 Å². The van der Waals surface area contributed by atoms with E-state index in [2.05, 4.69) is 0 Å². The molecule has 0 aromatic heterocycles. The molecule has 0 heterocycles. The number of aliphatic hydroxyl groups excluding tert-OH is 1. The molecule has 0 radical (unpaired) electrons. The van der Waals surface area contributed by atoms with E-state index in [1.165, 1.54) is 0 Å². The highest BCUT2D eigenvalue weighted by molar-refractivity contribution is 5.54. The Kier molecular flexibility index (Phi) is 3.58. The van der Waals surface area contributed by atoms with Gasteiger partial charge < -0.3 is 14.6 Å². The van der Waals surface area contributed by atoms with Gasteiger partial charge in [-0.1, -0.05) is 0 Å². The molecule has 0 amide bonds. The molecular formula is C12H18O3. The van der Waals surface area contributed by atoms with Gasteiger partial charge in [-0.3, -0.25) is 0 Å². The lowest BCUT2D eigenvalue weighted by atomic mass is 9.99. The van der Waals surface area contributed by atoms with Crippen molar-refractivity contribution >= 4 is 0 Å². The molecule has 1 aromatic carbocycles. The molecule has 0 aliphatic heterocycles. The molecule has 0 bridgehead atoms. The highest BCUT2D eigenvalue weighted by Gasteiger charge is 2.17. The second kappa shape index (κ2) is 4.53. The van der Waals surface area contributed by atoms with Gasteiger partial charge in [0.2, 0.25) is 0 Å². The van der Waals surface area contributed by atoms with Gasteiger partial charge in [-0.15, -0.1) is 0 Å². The largest absolute Gasteiger partial charge is 0.496 e. The van der Waals surface area contributed by atoms with E-state index in [0.29, 0.717) is 5.75 Å². The highest BCUT2D eigenvalue weighted by atomic mass is 16.5. The van der Waals surface area contributed by atoms with Gasteiger partial charge in [-0.05, 0) is 32.4 Å². The molecule has 3 heteroatoms. The minimum Gasteiger partial charge on any atom is -0.496 e. The first-order valence-corrected chi connectivity index (χ1v) is 4.93. The van der Waals surface area contributed by atoms with Crippen LogP contribution in [-0.2, 0) is 0 Å². The predicted octanol–water partition coefficient (Wildman–Crippen LogP) is 2.37. The lowest BCUT2D eigenvalue weighted by Gasteiger charge is -2.18. The van der Waals surface area contributed by atoms with Crippen LogP contribution in [0.5, 0.6) is 11.5 Å². The summed E-state index contributed by atoms with van der Waals surface area (Å²) in [5.41, 5.74) is 2.72. The standard InChI is InChI=1S/C12H18O3/c1-7-6-10(14-4)8(2)12(15-5)11(7)9(3)13/h6,9,13H,1-5H3. The molecule has 0 spiro atoms. The fourth-order valence-corrected chi connectivity index (χ4v) is 1.87. The Balaban J connectivity index is 3.46. The number of aliphatic hydroxyl groups is 1. The molecule has 0 aliphatic carbocycles. The zero-order chi connectivity index (χ0) is 11.6. The number of hydrogen-bond donors (Lipinski definition) is 1. The normalized spacial score (nSPS) is 12.4. The number of aryl methyl sites for hydroxylation is 1. The van der Waals surface area contributed by atoms with Crippen LogP contribution < -0.4 is 9.47 Å². The summed E-state index contributed by atoms with van der Waals surface area (Å²) in [5.74, 6) is 1.50. The molecule has 1 aromatic rings. The fourth-order valence-electron chi connectivity index (χ4n) is 1.87. The van der Waals surface area contributed by atoms with Gasteiger partial charge in [-0.25, -0.2) is 0 Å². The van der Waals surface area contributed by atoms with Gasteiger partial charge in [0.25, 0.3) is 0 Å². The van der Waals surface area contributed by atoms with Gasteiger partial charge in [0.05, 0.1) is 20.3 Å². The Hall–Kier alpha value is -1.22. The van der Waals surface area contributed by atoms with Crippen molar-refractivity contribution in [3.8, 4) is 11.5 Å². The maximum atomic E-state index is 9.68. The fraction of sp³-hybridized carbons (Fsp3) is 0.500. The third-order valence-electron chi connectivity index (χ3n) is 2.57. The van der Waals surface area contributed by atoms with E-state index in [4.69, 9.17) is 9.47 Å². The maximum Gasteiger partial charge on any atom is 0.131 e. The van der Waals surface area contributed by atoms with E-state index in [-0.39, 0.29) is 0 Å². The Labute approximate surface area is 90.6 Å². The lowest BCUT2D eigenvalue weighted by molar-refractivity contribution is 0.193. The van der Waals surface area contributed by atoms with Gasteiger partial charge in [0.15, 0.2) is 0 Å². The number of ether oxygens (including phenoxy) is 2. The van der Waals surface area contributed by atoms with Crippen molar-refractivity contribution in [1.29, 1.82) is 0 Å². The smallest absolute Gasteiger partial charge is 0.131 e. The quantitative estimate of drug-likeness (QED) is 0.832. The molecule has 0 aliphatic rings. The van der Waals surface area contributed by atoms with Crippen LogP contribution in [-0.4, -0.2) is 19.3 Å². The number of benzene rings is 1. The van der Waals surface area contributed by atoms with E-state index in [0.717, 1.165) is 22.4 Å².